The van der Waals surface area contributed by atoms with Crippen molar-refractivity contribution in [2.75, 3.05) is 37.9 Å². The molecule has 18 N–H and O–H groups in total. The fraction of sp³-hybridized carbons (Fsp3) is 0.525. The predicted molar refractivity (Wildman–Crippen MR) is 333 cm³/mol. The number of primary amides is 1. The first kappa shape index (κ1) is 74.9. The summed E-state index contributed by atoms with van der Waals surface area (Å²) in [5, 5.41) is 69.0. The number of H-pyrrole nitrogens is 1. The summed E-state index contributed by atoms with van der Waals surface area (Å²) in [6, 6.07) is -1.65. The van der Waals surface area contributed by atoms with Gasteiger partial charge in [0.25, 0.3) is 5.91 Å². The van der Waals surface area contributed by atoms with Crippen LogP contribution in [0.4, 0.5) is 0 Å². The maximum Gasteiger partial charge on any atom is 0.305 e. The SMILES string of the molecule is C[C@@H](O)[C@@H]1NC(=O)[C@H](Cc2ccccc2)NC(=O)[C@H](CCCC[NH3+])NC(=O)[C@H](CC(=O)O)NC(=O)[C@H](Cc2cnc[nH]2)NC(=O)[C@@H]2CSCc3cc(cc(c3)OCCCCCCO/N=C/C(=O)N[C@@H](CO)C(=O)N2)CSC[C@@H](C(N)=O)NC(=O)[C@H](CCC(=O)[O-])NC1=O. The number of carbonyl (C=O) groups excluding carboxylic acids is 11. The van der Waals surface area contributed by atoms with Crippen LogP contribution in [0, 0.1) is 0 Å². The number of rotatable bonds is 16. The summed E-state index contributed by atoms with van der Waals surface area (Å²) in [6.07, 6.45) is 1.62. The van der Waals surface area contributed by atoms with Crippen molar-refractivity contribution in [3.63, 3.8) is 0 Å². The lowest BCUT2D eigenvalue weighted by molar-refractivity contribution is -0.368. The van der Waals surface area contributed by atoms with Crippen molar-refractivity contribution in [2.45, 2.75) is 156 Å². The Balaban J connectivity index is 1.62. The fourth-order valence-corrected chi connectivity index (χ4v) is 11.4. The molecule has 2 aliphatic rings. The van der Waals surface area contributed by atoms with Crippen molar-refractivity contribution in [3.05, 3.63) is 83.4 Å². The van der Waals surface area contributed by atoms with Crippen LogP contribution in [0.15, 0.2) is 66.2 Å². The van der Waals surface area contributed by atoms with Gasteiger partial charge in [0.15, 0.2) is 0 Å². The van der Waals surface area contributed by atoms with Gasteiger partial charge < -0.3 is 99.1 Å². The number of benzene rings is 2. The Morgan fingerprint density at radius 3 is 1.92 bits per heavy atom. The summed E-state index contributed by atoms with van der Waals surface area (Å²) in [7, 11) is 0. The van der Waals surface area contributed by atoms with Gasteiger partial charge in [0.2, 0.25) is 53.2 Å². The minimum absolute atomic E-state index is 0.121. The number of hydrogen-bond acceptors (Lipinski definition) is 21. The standard InChI is InChI=1S/C59H82N14O18S2/c1-33(75)50-59(89)67-40(14-15-48(77)78)53(83)71-45(51(61)81)30-92-28-35-19-36-21-38(20-35)90-17-9-2-3-10-18-91-64-26-47(76)65-44(27-74)57(87)72-46(31-93-29-36)58(88)69-42(23-37-25-62-32-63-37)54(84)70-43(24-49(79)80)55(85)66-39(13-7-8-16-60)52(82)68-41(56(86)73-50)22-34-11-5-4-6-12-34/h4-6,11-12,19-21,25-26,32-33,39-46,50,74-75H,2-3,7-10,13-18,22-24,27-31,60H2,1H3,(H2,61,81)(H,62,63)(H,65,76)(H,66,85)(H,67,89)(H,68,82)(H,69,88)(H,70,84)(H,71,83)(H,72,87)(H,73,86)(H,77,78)(H,79,80)/b64-26+/t33-,39+,40+,41+,42+,43+,44+,45+,46+,50+/m1/s1. The molecule has 93 heavy (non-hydrogen) atoms. The minimum atomic E-state index is -1.96. The highest BCUT2D eigenvalue weighted by Gasteiger charge is 2.37. The Bertz CT molecular complexity index is 3060. The molecule has 10 atom stereocenters. The van der Waals surface area contributed by atoms with Crippen LogP contribution in [-0.2, 0) is 86.7 Å². The van der Waals surface area contributed by atoms with E-state index in [1.165, 1.54) is 12.5 Å². The number of aliphatic hydroxyl groups excluding tert-OH is 2. The van der Waals surface area contributed by atoms with Gasteiger partial charge in [0.1, 0.15) is 72.9 Å². The van der Waals surface area contributed by atoms with E-state index in [1.54, 1.807) is 48.5 Å². The van der Waals surface area contributed by atoms with Crippen LogP contribution >= 0.6 is 23.5 Å². The van der Waals surface area contributed by atoms with E-state index in [2.05, 4.69) is 68.7 Å². The number of aromatic amines is 1. The number of fused-ring (bicyclic) bond motifs is 5. The smallest absolute Gasteiger partial charge is 0.305 e. The topological polar surface area (TPSA) is 510 Å². The van der Waals surface area contributed by atoms with Crippen molar-refractivity contribution < 1.29 is 93.3 Å². The molecule has 0 spiro atoms. The molecular formula is C59H82N14O18S2. The van der Waals surface area contributed by atoms with E-state index in [4.69, 9.17) is 15.3 Å². The van der Waals surface area contributed by atoms with Crippen LogP contribution < -0.4 is 69.2 Å². The van der Waals surface area contributed by atoms with Gasteiger partial charge in [-0.15, -0.1) is 0 Å². The quantitative estimate of drug-likeness (QED) is 0.0597. The molecule has 1 aromatic heterocycles. The average molecular weight is 1340 g/mol. The molecule has 5 rings (SSSR count). The molecule has 3 aromatic rings. The molecule has 3 heterocycles. The largest absolute Gasteiger partial charge is 0.550 e. The molecule has 0 fully saturated rings. The van der Waals surface area contributed by atoms with Crippen molar-refractivity contribution in [1.29, 1.82) is 0 Å². The predicted octanol–water partition coefficient (Wildman–Crippen LogP) is -5.03. The number of carbonyl (C=O) groups is 12. The van der Waals surface area contributed by atoms with Crippen LogP contribution in [0.5, 0.6) is 5.75 Å². The number of thioether (sulfide) groups is 2. The van der Waals surface area contributed by atoms with Gasteiger partial charge in [-0.2, -0.15) is 23.5 Å². The number of carboxylic acids is 2. The zero-order valence-electron chi connectivity index (χ0n) is 51.2. The number of imidazole rings is 1. The second-order valence-corrected chi connectivity index (χ2v) is 24.0. The molecule has 2 aromatic carbocycles. The Morgan fingerprint density at radius 2 is 1.28 bits per heavy atom. The zero-order valence-corrected chi connectivity index (χ0v) is 52.9. The molecule has 10 amide bonds. The Labute approximate surface area is 543 Å². The highest BCUT2D eigenvalue weighted by molar-refractivity contribution is 7.98. The summed E-state index contributed by atoms with van der Waals surface area (Å²) >= 11 is 2.26. The minimum Gasteiger partial charge on any atom is -0.550 e. The summed E-state index contributed by atoms with van der Waals surface area (Å²) in [5.74, 6) is -13.6. The molecule has 2 aliphatic heterocycles. The lowest BCUT2D eigenvalue weighted by atomic mass is 10.0. The number of nitrogens with two attached hydrogens (primary N) is 1. The first-order valence-electron chi connectivity index (χ1n) is 30.1. The van der Waals surface area contributed by atoms with E-state index < -0.39 is 157 Å². The molecule has 0 saturated carbocycles. The first-order valence-corrected chi connectivity index (χ1v) is 32.4. The van der Waals surface area contributed by atoms with Crippen molar-refractivity contribution in [3.8, 4) is 5.75 Å². The number of hydrogen-bond donors (Lipinski definition) is 15. The zero-order chi connectivity index (χ0) is 67.8. The first-order chi connectivity index (χ1) is 44.5. The Morgan fingerprint density at radius 1 is 0.688 bits per heavy atom. The summed E-state index contributed by atoms with van der Waals surface area (Å²) in [6.45, 7) is 0.960. The summed E-state index contributed by atoms with van der Waals surface area (Å²) in [4.78, 5) is 177. The van der Waals surface area contributed by atoms with Gasteiger partial charge in [-0.3, -0.25) is 52.7 Å². The molecule has 0 aliphatic carbocycles. The molecule has 0 radical (unpaired) electrons. The Hall–Kier alpha value is -8.86. The monoisotopic (exact) mass is 1340 g/mol. The van der Waals surface area contributed by atoms with Crippen LogP contribution in [0.3, 0.4) is 0 Å². The van der Waals surface area contributed by atoms with E-state index in [-0.39, 0.29) is 67.6 Å². The van der Waals surface area contributed by atoms with Crippen LogP contribution in [0.2, 0.25) is 0 Å². The molecule has 32 nitrogen and oxygen atoms in total. The van der Waals surface area contributed by atoms with E-state index in [1.807, 2.05) is 0 Å². The van der Waals surface area contributed by atoms with E-state index in [0.717, 1.165) is 36.7 Å². The number of amides is 10. The number of nitrogens with one attached hydrogen (secondary N) is 10. The molecular weight excluding hydrogens is 1260 g/mol. The molecule has 508 valence electrons. The third kappa shape index (κ3) is 26.7. The van der Waals surface area contributed by atoms with Crippen LogP contribution in [0.1, 0.15) is 93.5 Å². The third-order valence-electron chi connectivity index (χ3n) is 14.4. The number of aliphatic carboxylic acids is 2. The van der Waals surface area contributed by atoms with Gasteiger partial charge in [0, 0.05) is 53.7 Å². The van der Waals surface area contributed by atoms with E-state index in [9.17, 15) is 78.0 Å². The van der Waals surface area contributed by atoms with Crippen LogP contribution in [-0.4, -0.2) is 201 Å². The summed E-state index contributed by atoms with van der Waals surface area (Å²) in [5.41, 5.74) is 11.6. The van der Waals surface area contributed by atoms with E-state index >= 15 is 0 Å². The number of aliphatic hydroxyl groups is 2. The van der Waals surface area contributed by atoms with Gasteiger partial charge in [-0.25, -0.2) is 4.98 Å². The number of quaternary nitrogens is 1. The average Bonchev–Trinajstić information content (AvgIpc) is 1.85. The molecule has 34 heteroatoms. The lowest BCUT2D eigenvalue weighted by Gasteiger charge is -2.29. The van der Waals surface area contributed by atoms with Gasteiger partial charge in [0.05, 0.1) is 38.6 Å². The number of ether oxygens (including phenoxy) is 1. The van der Waals surface area contributed by atoms with Gasteiger partial charge in [-0.05, 0) is 93.5 Å². The third-order valence-corrected chi connectivity index (χ3v) is 16.6. The molecule has 0 unspecified atom stereocenters. The van der Waals surface area contributed by atoms with Gasteiger partial charge in [-0.1, -0.05) is 41.6 Å². The van der Waals surface area contributed by atoms with E-state index in [0.29, 0.717) is 61.1 Å². The molecule has 0 saturated heterocycles. The number of oxime groups is 1. The number of carboxylic acid groups (broad SMARTS) is 2. The maximum atomic E-state index is 14.7. The van der Waals surface area contributed by atoms with Crippen molar-refractivity contribution >= 4 is 101 Å². The Kier molecular flexibility index (Phi) is 31.8. The van der Waals surface area contributed by atoms with Crippen molar-refractivity contribution in [2.24, 2.45) is 10.9 Å². The fourth-order valence-electron chi connectivity index (χ4n) is 9.45. The highest BCUT2D eigenvalue weighted by atomic mass is 32.2. The number of unbranched alkanes of at least 4 members (excludes halogenated alkanes) is 1. The second-order valence-electron chi connectivity index (χ2n) is 22.0. The van der Waals surface area contributed by atoms with Crippen molar-refractivity contribution in [1.82, 2.24) is 57.8 Å². The second kappa shape index (κ2) is 39.5. The normalized spacial score (nSPS) is 24.5. The lowest BCUT2D eigenvalue weighted by Crippen LogP contribution is -2.62. The maximum absolute atomic E-state index is 14.7. The molecule has 4 bridgehead atoms. The number of nitrogens with zero attached hydrogens (tertiary/aromatic N) is 2. The summed E-state index contributed by atoms with van der Waals surface area (Å²) < 4.78 is 6.20. The number of aromatic nitrogens is 2. The van der Waals surface area contributed by atoms with Gasteiger partial charge >= 0.3 is 5.97 Å². The van der Waals surface area contributed by atoms with Crippen LogP contribution in [0.25, 0.3) is 0 Å². The highest BCUT2D eigenvalue weighted by Crippen LogP contribution is 2.26.